The molecule has 1 unspecified atom stereocenters. The summed E-state index contributed by atoms with van der Waals surface area (Å²) in [5.41, 5.74) is 3.30. The minimum Gasteiger partial charge on any atom is -0.289 e. The Balaban J connectivity index is 2.40. The number of carbonyl (C=O) groups excluding carboxylic acids is 1. The lowest BCUT2D eigenvalue weighted by atomic mass is 9.97. The van der Waals surface area contributed by atoms with Crippen molar-refractivity contribution in [1.82, 2.24) is 14.8 Å². The third-order valence-electron chi connectivity index (χ3n) is 4.17. The quantitative estimate of drug-likeness (QED) is 0.386. The van der Waals surface area contributed by atoms with E-state index in [1.165, 1.54) is 12.1 Å². The Morgan fingerprint density at radius 2 is 2.00 bits per heavy atom. The van der Waals surface area contributed by atoms with Crippen LogP contribution >= 0.6 is 0 Å². The average molecular weight is 387 g/mol. The number of carbonyl (C=O) groups is 1. The molecule has 0 bridgehead atoms. The second-order valence-corrected chi connectivity index (χ2v) is 8.00. The molecule has 1 atom stereocenters. The van der Waals surface area contributed by atoms with E-state index in [1.807, 2.05) is 13.0 Å². The first-order valence-electron chi connectivity index (χ1n) is 8.51. The van der Waals surface area contributed by atoms with E-state index in [1.54, 1.807) is 36.1 Å². The molecule has 142 valence electrons. The van der Waals surface area contributed by atoms with Gasteiger partial charge in [0.25, 0.3) is 5.91 Å². The van der Waals surface area contributed by atoms with Crippen molar-refractivity contribution in [1.29, 1.82) is 0 Å². The molecule has 1 amide bonds. The number of pyridine rings is 1. The fraction of sp³-hybridized carbons (Fsp3) is 0.333. The van der Waals surface area contributed by atoms with Gasteiger partial charge in [-0.05, 0) is 43.5 Å². The Morgan fingerprint density at radius 3 is 2.56 bits per heavy atom. The first kappa shape index (κ1) is 21.1. The molecule has 0 spiro atoms. The van der Waals surface area contributed by atoms with Crippen LogP contribution in [-0.2, 0) is 21.2 Å². The van der Waals surface area contributed by atoms with Gasteiger partial charge in [0, 0.05) is 18.9 Å². The molecule has 0 saturated heterocycles. The van der Waals surface area contributed by atoms with E-state index < -0.39 is 22.0 Å². The lowest BCUT2D eigenvalue weighted by Gasteiger charge is -2.29. The zero-order chi connectivity index (χ0) is 19.9. The maximum Gasteiger partial charge on any atom is 0.261 e. The van der Waals surface area contributed by atoms with Crippen LogP contribution in [-0.4, -0.2) is 49.3 Å². The van der Waals surface area contributed by atoms with E-state index in [0.29, 0.717) is 6.42 Å². The number of rotatable bonds is 9. The van der Waals surface area contributed by atoms with Crippen LogP contribution in [0.5, 0.6) is 0 Å². The molecule has 2 rings (SSSR count). The van der Waals surface area contributed by atoms with Gasteiger partial charge in [0.1, 0.15) is 6.04 Å². The Bertz CT molecular complexity index is 845. The largest absolute Gasteiger partial charge is 0.289 e. The Labute approximate surface area is 160 Å². The second-order valence-electron chi connectivity index (χ2n) is 6.11. The maximum atomic E-state index is 13.2. The SMILES string of the molecule is [B]CCC(C(=O)NO)N(CCc1cccnc1)S(=O)(=O)c1ccc(C)cc1. The van der Waals surface area contributed by atoms with E-state index in [9.17, 15) is 13.2 Å². The Kier molecular flexibility index (Phi) is 7.52. The number of benzene rings is 1. The van der Waals surface area contributed by atoms with Crippen LogP contribution in [0.2, 0.25) is 6.32 Å². The van der Waals surface area contributed by atoms with Crippen molar-refractivity contribution in [2.45, 2.75) is 37.0 Å². The number of aryl methyl sites for hydroxylation is 1. The zero-order valence-electron chi connectivity index (χ0n) is 15.1. The lowest BCUT2D eigenvalue weighted by molar-refractivity contribution is -0.133. The van der Waals surface area contributed by atoms with Gasteiger partial charge < -0.3 is 0 Å². The molecule has 1 aromatic heterocycles. The number of amides is 1. The van der Waals surface area contributed by atoms with Crippen LogP contribution in [0, 0.1) is 6.92 Å². The molecule has 1 heterocycles. The predicted molar refractivity (Wildman–Crippen MR) is 102 cm³/mol. The monoisotopic (exact) mass is 387 g/mol. The molecule has 2 aromatic rings. The fourth-order valence-corrected chi connectivity index (χ4v) is 4.33. The summed E-state index contributed by atoms with van der Waals surface area (Å²) in [5, 5.41) is 9.07. The van der Waals surface area contributed by atoms with Crippen molar-refractivity contribution in [2.24, 2.45) is 0 Å². The maximum absolute atomic E-state index is 13.2. The number of hydroxylamine groups is 1. The minimum atomic E-state index is -3.98. The van der Waals surface area contributed by atoms with Crippen LogP contribution in [0.25, 0.3) is 0 Å². The summed E-state index contributed by atoms with van der Waals surface area (Å²) >= 11 is 0. The summed E-state index contributed by atoms with van der Waals surface area (Å²) < 4.78 is 27.5. The van der Waals surface area contributed by atoms with Gasteiger partial charge in [0.15, 0.2) is 0 Å². The first-order valence-corrected chi connectivity index (χ1v) is 9.95. The molecule has 0 aliphatic heterocycles. The second kappa shape index (κ2) is 9.64. The predicted octanol–water partition coefficient (Wildman–Crippen LogP) is 1.47. The Hall–Kier alpha value is -2.23. The van der Waals surface area contributed by atoms with E-state index in [0.717, 1.165) is 15.4 Å². The Morgan fingerprint density at radius 1 is 1.30 bits per heavy atom. The molecule has 7 nitrogen and oxygen atoms in total. The van der Waals surface area contributed by atoms with E-state index >= 15 is 0 Å². The molecule has 9 heteroatoms. The van der Waals surface area contributed by atoms with E-state index in [4.69, 9.17) is 13.1 Å². The number of nitrogens with one attached hydrogen (secondary N) is 1. The molecular weight excluding hydrogens is 365 g/mol. The number of hydrogen-bond acceptors (Lipinski definition) is 5. The third kappa shape index (κ3) is 5.38. The summed E-state index contributed by atoms with van der Waals surface area (Å²) in [6, 6.07) is 8.84. The standard InChI is InChI=1S/C18H22BN3O4S/c1-14-4-6-16(7-5-14)27(25,26)22(17(8-10-19)18(23)21-24)12-9-15-3-2-11-20-13-15/h2-7,11,13,17,24H,8-10,12H2,1H3,(H,21,23). The van der Waals surface area contributed by atoms with Gasteiger partial charge in [-0.15, -0.1) is 0 Å². The average Bonchev–Trinajstić information content (AvgIpc) is 2.67. The van der Waals surface area contributed by atoms with Crippen molar-refractivity contribution in [2.75, 3.05) is 6.54 Å². The smallest absolute Gasteiger partial charge is 0.261 e. The normalized spacial score (nSPS) is 12.7. The van der Waals surface area contributed by atoms with E-state index in [2.05, 4.69) is 4.98 Å². The highest BCUT2D eigenvalue weighted by molar-refractivity contribution is 7.89. The summed E-state index contributed by atoms with van der Waals surface area (Å²) in [6.45, 7) is 1.90. The topological polar surface area (TPSA) is 99.6 Å². The van der Waals surface area contributed by atoms with Gasteiger partial charge in [-0.3, -0.25) is 15.0 Å². The number of aromatic nitrogens is 1. The summed E-state index contributed by atoms with van der Waals surface area (Å²) in [7, 11) is 1.60. The van der Waals surface area contributed by atoms with Crippen LogP contribution in [0.4, 0.5) is 0 Å². The molecule has 0 aliphatic rings. The van der Waals surface area contributed by atoms with Gasteiger partial charge in [-0.25, -0.2) is 13.9 Å². The van der Waals surface area contributed by atoms with Gasteiger partial charge in [-0.1, -0.05) is 30.1 Å². The molecular formula is C18H22BN3O4S. The molecule has 0 saturated carbocycles. The molecule has 1 aromatic carbocycles. The van der Waals surface area contributed by atoms with Crippen LogP contribution in [0.15, 0.2) is 53.7 Å². The van der Waals surface area contributed by atoms with Gasteiger partial charge in [0.2, 0.25) is 10.0 Å². The van der Waals surface area contributed by atoms with Gasteiger partial charge in [-0.2, -0.15) is 4.31 Å². The molecule has 27 heavy (non-hydrogen) atoms. The van der Waals surface area contributed by atoms with Crippen LogP contribution in [0.3, 0.4) is 0 Å². The molecule has 2 N–H and O–H groups in total. The highest BCUT2D eigenvalue weighted by atomic mass is 32.2. The molecule has 2 radical (unpaired) electrons. The highest BCUT2D eigenvalue weighted by Gasteiger charge is 2.35. The van der Waals surface area contributed by atoms with Gasteiger partial charge >= 0.3 is 0 Å². The van der Waals surface area contributed by atoms with E-state index in [-0.39, 0.29) is 24.2 Å². The lowest BCUT2D eigenvalue weighted by Crippen LogP contribution is -2.49. The fourth-order valence-electron chi connectivity index (χ4n) is 2.71. The summed E-state index contributed by atoms with van der Waals surface area (Å²) in [4.78, 5) is 16.2. The molecule has 0 fully saturated rings. The van der Waals surface area contributed by atoms with Gasteiger partial charge in [0.05, 0.1) is 12.7 Å². The minimum absolute atomic E-state index is 0.0417. The van der Waals surface area contributed by atoms with Crippen molar-refractivity contribution in [3.8, 4) is 0 Å². The third-order valence-corrected chi connectivity index (χ3v) is 6.09. The van der Waals surface area contributed by atoms with Crippen LogP contribution in [0.1, 0.15) is 17.5 Å². The van der Waals surface area contributed by atoms with Crippen molar-refractivity contribution in [3.63, 3.8) is 0 Å². The van der Waals surface area contributed by atoms with Crippen LogP contribution < -0.4 is 5.48 Å². The highest BCUT2D eigenvalue weighted by Crippen LogP contribution is 2.22. The summed E-state index contributed by atoms with van der Waals surface area (Å²) in [5.74, 6) is -0.817. The molecule has 0 aliphatic carbocycles. The number of hydrogen-bond donors (Lipinski definition) is 2. The number of nitrogens with zero attached hydrogens (tertiary/aromatic N) is 2. The van der Waals surface area contributed by atoms with Crippen molar-refractivity contribution >= 4 is 23.8 Å². The summed E-state index contributed by atoms with van der Waals surface area (Å²) in [6.07, 6.45) is 3.79. The van der Waals surface area contributed by atoms with Crippen molar-refractivity contribution < 1.29 is 18.4 Å². The number of sulfonamides is 1. The zero-order valence-corrected chi connectivity index (χ0v) is 15.9. The first-order chi connectivity index (χ1) is 12.9. The van der Waals surface area contributed by atoms with Crippen molar-refractivity contribution in [3.05, 3.63) is 59.9 Å².